The van der Waals surface area contributed by atoms with Gasteiger partial charge in [0.15, 0.2) is 5.75 Å². The van der Waals surface area contributed by atoms with E-state index in [0.717, 1.165) is 17.0 Å². The van der Waals surface area contributed by atoms with Crippen LogP contribution in [0.3, 0.4) is 0 Å². The Kier molecular flexibility index (Phi) is 5.41. The Morgan fingerprint density at radius 1 is 1.33 bits per heavy atom. The van der Waals surface area contributed by atoms with Gasteiger partial charge in [-0.05, 0) is 12.1 Å². The molecule has 2 N–H and O–H groups in total. The standard InChI is InChI=1S/C13H9BrClF3N2O4/c14-6-3-7(15)11(9(4-6)24-13(16,17)18)19-8-5-10(22)20(1-2-21)12(8)23/h3-5,19,21H,1-2H2. The van der Waals surface area contributed by atoms with E-state index in [1.54, 1.807) is 0 Å². The number of rotatable bonds is 5. The van der Waals surface area contributed by atoms with Gasteiger partial charge >= 0.3 is 6.36 Å². The zero-order valence-electron chi connectivity index (χ0n) is 11.7. The minimum atomic E-state index is -4.98. The van der Waals surface area contributed by atoms with Gasteiger partial charge in [0.05, 0.1) is 18.2 Å². The van der Waals surface area contributed by atoms with Gasteiger partial charge < -0.3 is 15.2 Å². The van der Waals surface area contributed by atoms with E-state index < -0.39 is 30.5 Å². The van der Waals surface area contributed by atoms with E-state index in [2.05, 4.69) is 26.0 Å². The van der Waals surface area contributed by atoms with E-state index in [9.17, 15) is 22.8 Å². The van der Waals surface area contributed by atoms with Gasteiger partial charge in [0.2, 0.25) is 0 Å². The molecule has 0 spiro atoms. The van der Waals surface area contributed by atoms with Crippen molar-refractivity contribution in [2.75, 3.05) is 18.5 Å². The number of amides is 2. The third-order valence-electron chi connectivity index (χ3n) is 2.84. The zero-order chi connectivity index (χ0) is 18.1. The molecule has 0 saturated heterocycles. The summed E-state index contributed by atoms with van der Waals surface area (Å²) in [5, 5.41) is 11.0. The first-order valence-electron chi connectivity index (χ1n) is 6.32. The molecule has 1 aliphatic heterocycles. The fourth-order valence-corrected chi connectivity index (χ4v) is 2.75. The molecule has 2 amide bonds. The minimum Gasteiger partial charge on any atom is -0.403 e. The molecule has 1 aromatic carbocycles. The molecular weight excluding hydrogens is 421 g/mol. The average Bonchev–Trinajstić information content (AvgIpc) is 2.69. The average molecular weight is 430 g/mol. The first-order valence-corrected chi connectivity index (χ1v) is 7.49. The van der Waals surface area contributed by atoms with Gasteiger partial charge in [0.25, 0.3) is 11.8 Å². The second-order valence-corrected chi connectivity index (χ2v) is 5.83. The number of nitrogens with one attached hydrogen (secondary N) is 1. The molecule has 24 heavy (non-hydrogen) atoms. The van der Waals surface area contributed by atoms with Crippen LogP contribution in [-0.2, 0) is 9.59 Å². The topological polar surface area (TPSA) is 78.9 Å². The molecule has 1 aromatic rings. The van der Waals surface area contributed by atoms with Crippen LogP contribution in [0.5, 0.6) is 5.75 Å². The summed E-state index contributed by atoms with van der Waals surface area (Å²) in [4.78, 5) is 24.4. The number of β-amino-alcohol motifs (C(OH)–C–C–N with tert-alkyl or cyclic N) is 1. The maximum absolute atomic E-state index is 12.5. The predicted octanol–water partition coefficient (Wildman–Crippen LogP) is 2.66. The molecular formula is C13H9BrClF3N2O4. The van der Waals surface area contributed by atoms with E-state index >= 15 is 0 Å². The van der Waals surface area contributed by atoms with E-state index in [0.29, 0.717) is 0 Å². The maximum Gasteiger partial charge on any atom is 0.573 e. The van der Waals surface area contributed by atoms with Crippen LogP contribution < -0.4 is 10.1 Å². The lowest BCUT2D eigenvalue weighted by Crippen LogP contribution is -2.34. The Balaban J connectivity index is 2.35. The second-order valence-electron chi connectivity index (χ2n) is 4.51. The molecule has 130 valence electrons. The normalized spacial score (nSPS) is 14.9. The highest BCUT2D eigenvalue weighted by Gasteiger charge is 2.35. The van der Waals surface area contributed by atoms with Gasteiger partial charge in [0.1, 0.15) is 11.4 Å². The summed E-state index contributed by atoms with van der Waals surface area (Å²) < 4.78 is 41.7. The van der Waals surface area contributed by atoms with Crippen LogP contribution in [0.1, 0.15) is 0 Å². The lowest BCUT2D eigenvalue weighted by molar-refractivity contribution is -0.274. The van der Waals surface area contributed by atoms with Gasteiger partial charge in [0, 0.05) is 10.5 Å². The van der Waals surface area contributed by atoms with Gasteiger partial charge in [-0.15, -0.1) is 13.2 Å². The molecule has 0 atom stereocenters. The SMILES string of the molecule is O=C1C=C(Nc2c(Cl)cc(Br)cc2OC(F)(F)F)C(=O)N1CCO. The van der Waals surface area contributed by atoms with Crippen molar-refractivity contribution in [1.29, 1.82) is 0 Å². The molecule has 0 radical (unpaired) electrons. The Morgan fingerprint density at radius 3 is 2.58 bits per heavy atom. The highest BCUT2D eigenvalue weighted by Crippen LogP contribution is 2.39. The van der Waals surface area contributed by atoms with Crippen LogP contribution in [-0.4, -0.2) is 41.3 Å². The van der Waals surface area contributed by atoms with Crippen LogP contribution in [0, 0.1) is 0 Å². The van der Waals surface area contributed by atoms with Crippen molar-refractivity contribution >= 4 is 45.0 Å². The van der Waals surface area contributed by atoms with Crippen molar-refractivity contribution in [3.63, 3.8) is 0 Å². The van der Waals surface area contributed by atoms with Crippen LogP contribution in [0.2, 0.25) is 5.02 Å². The van der Waals surface area contributed by atoms with E-state index in [-0.39, 0.29) is 27.4 Å². The van der Waals surface area contributed by atoms with Gasteiger partial charge in [-0.2, -0.15) is 0 Å². The summed E-state index contributed by atoms with van der Waals surface area (Å²) in [5.74, 6) is -2.18. The largest absolute Gasteiger partial charge is 0.573 e. The quantitative estimate of drug-likeness (QED) is 0.704. The Bertz CT molecular complexity index is 724. The Hall–Kier alpha value is -1.78. The van der Waals surface area contributed by atoms with Crippen LogP contribution >= 0.6 is 27.5 Å². The minimum absolute atomic E-state index is 0.162. The predicted molar refractivity (Wildman–Crippen MR) is 81.3 cm³/mol. The van der Waals surface area contributed by atoms with E-state index in [1.807, 2.05) is 0 Å². The number of benzene rings is 1. The number of halogens is 5. The lowest BCUT2D eigenvalue weighted by atomic mass is 10.2. The van der Waals surface area contributed by atoms with Crippen molar-refractivity contribution in [2.24, 2.45) is 0 Å². The number of hydrogen-bond acceptors (Lipinski definition) is 5. The van der Waals surface area contributed by atoms with E-state index in [1.165, 1.54) is 6.07 Å². The second kappa shape index (κ2) is 6.99. The number of carbonyl (C=O) groups excluding carboxylic acids is 2. The number of alkyl halides is 3. The highest BCUT2D eigenvalue weighted by molar-refractivity contribution is 9.10. The third-order valence-corrected chi connectivity index (χ3v) is 3.59. The molecule has 0 saturated carbocycles. The van der Waals surface area contributed by atoms with E-state index in [4.69, 9.17) is 16.7 Å². The number of ether oxygens (including phenoxy) is 1. The summed E-state index contributed by atoms with van der Waals surface area (Å²) in [6.45, 7) is -0.681. The molecule has 0 bridgehead atoms. The first kappa shape index (κ1) is 18.6. The summed E-state index contributed by atoms with van der Waals surface area (Å²) >= 11 is 8.89. The zero-order valence-corrected chi connectivity index (χ0v) is 14.0. The highest BCUT2D eigenvalue weighted by atomic mass is 79.9. The Labute approximate surface area is 146 Å². The molecule has 0 aromatic heterocycles. The molecule has 1 heterocycles. The number of nitrogens with zero attached hydrogens (tertiary/aromatic N) is 1. The monoisotopic (exact) mass is 428 g/mol. The van der Waals surface area contributed by atoms with Gasteiger partial charge in [-0.3, -0.25) is 14.5 Å². The van der Waals surface area contributed by atoms with Crippen LogP contribution in [0.15, 0.2) is 28.4 Å². The Morgan fingerprint density at radius 2 is 2.00 bits per heavy atom. The van der Waals surface area contributed by atoms with Gasteiger partial charge in [-0.1, -0.05) is 27.5 Å². The molecule has 2 rings (SSSR count). The fraction of sp³-hybridized carbons (Fsp3) is 0.231. The summed E-state index contributed by atoms with van der Waals surface area (Å²) in [7, 11) is 0. The van der Waals surface area contributed by atoms with Crippen LogP contribution in [0.4, 0.5) is 18.9 Å². The number of aliphatic hydroxyl groups excluding tert-OH is 1. The number of hydrogen-bond donors (Lipinski definition) is 2. The number of carbonyl (C=O) groups is 2. The molecule has 0 aliphatic carbocycles. The fourth-order valence-electron chi connectivity index (χ4n) is 1.92. The number of aliphatic hydroxyl groups is 1. The molecule has 0 fully saturated rings. The van der Waals surface area contributed by atoms with Crippen molar-refractivity contribution in [3.05, 3.63) is 33.4 Å². The van der Waals surface area contributed by atoms with Crippen molar-refractivity contribution in [2.45, 2.75) is 6.36 Å². The van der Waals surface area contributed by atoms with Crippen molar-refractivity contribution in [3.8, 4) is 5.75 Å². The van der Waals surface area contributed by atoms with Crippen LogP contribution in [0.25, 0.3) is 0 Å². The maximum atomic E-state index is 12.5. The molecule has 11 heteroatoms. The number of imide groups is 1. The first-order chi connectivity index (χ1) is 11.1. The lowest BCUT2D eigenvalue weighted by Gasteiger charge is -2.17. The summed E-state index contributed by atoms with van der Waals surface area (Å²) in [6.07, 6.45) is -4.08. The number of anilines is 1. The third kappa shape index (κ3) is 4.19. The molecule has 1 aliphatic rings. The smallest absolute Gasteiger partial charge is 0.403 e. The molecule has 0 unspecified atom stereocenters. The van der Waals surface area contributed by atoms with Crippen molar-refractivity contribution in [1.82, 2.24) is 4.90 Å². The molecule has 6 nitrogen and oxygen atoms in total. The summed E-state index contributed by atoms with van der Waals surface area (Å²) in [5.41, 5.74) is -0.611. The van der Waals surface area contributed by atoms with Crippen molar-refractivity contribution < 1.29 is 32.6 Å². The van der Waals surface area contributed by atoms with Gasteiger partial charge in [-0.25, -0.2) is 0 Å². The summed E-state index contributed by atoms with van der Waals surface area (Å²) in [6, 6.07) is 2.30.